The Morgan fingerprint density at radius 3 is 2.09 bits per heavy atom. The van der Waals surface area contributed by atoms with Gasteiger partial charge in [0.25, 0.3) is 5.56 Å². The van der Waals surface area contributed by atoms with E-state index in [0.717, 1.165) is 6.33 Å². The lowest BCUT2D eigenvalue weighted by Gasteiger charge is -2.28. The number of thiol groups is 2. The van der Waals surface area contributed by atoms with Crippen LogP contribution in [0.3, 0.4) is 0 Å². The summed E-state index contributed by atoms with van der Waals surface area (Å²) in [4.78, 5) is 26.9. The second-order valence-corrected chi connectivity index (χ2v) is 15.7. The number of aliphatic hydroxyl groups is 2. The summed E-state index contributed by atoms with van der Waals surface area (Å²) in [5.74, 6) is 0. The molecule has 3 saturated heterocycles. The first-order valence-electron chi connectivity index (χ1n) is 12.8. The third-order valence-electron chi connectivity index (χ3n) is 7.33. The van der Waals surface area contributed by atoms with Gasteiger partial charge >= 0.3 is 13.6 Å². The normalized spacial score (nSPS) is 38.9. The molecule has 0 radical (unpaired) electrons. The summed E-state index contributed by atoms with van der Waals surface area (Å²) in [7, 11) is 0. The number of aromatic nitrogens is 6. The van der Waals surface area contributed by atoms with Crippen molar-refractivity contribution in [3.05, 3.63) is 53.6 Å². The van der Waals surface area contributed by atoms with Gasteiger partial charge in [0.1, 0.15) is 36.6 Å². The monoisotopic (exact) mass is 674 g/mol. The number of benzene rings is 1. The Morgan fingerprint density at radius 2 is 1.44 bits per heavy atom. The highest BCUT2D eigenvalue weighted by atomic mass is 32.7. The maximum atomic E-state index is 13.4. The number of nitrogens with zero attached hydrogens (tertiary/aromatic N) is 5. The summed E-state index contributed by atoms with van der Waals surface area (Å²) in [5.41, 5.74) is 0.871. The summed E-state index contributed by atoms with van der Waals surface area (Å²) in [6, 6.07) is 7.16. The topological polar surface area (TPSA) is 211 Å². The van der Waals surface area contributed by atoms with Gasteiger partial charge in [-0.2, -0.15) is 0 Å². The van der Waals surface area contributed by atoms with Crippen LogP contribution in [0.25, 0.3) is 22.2 Å². The molecule has 0 aliphatic carbocycles. The van der Waals surface area contributed by atoms with E-state index in [-0.39, 0.29) is 11.2 Å². The third kappa shape index (κ3) is 5.41. The summed E-state index contributed by atoms with van der Waals surface area (Å²) in [6.07, 6.45) is -6.43. The predicted molar refractivity (Wildman–Crippen MR) is 153 cm³/mol. The molecule has 43 heavy (non-hydrogen) atoms. The van der Waals surface area contributed by atoms with Crippen molar-refractivity contribution in [3.63, 3.8) is 0 Å². The minimum Gasteiger partial charge on any atom is -0.386 e. The largest absolute Gasteiger partial charge is 0.386 e. The average molecular weight is 675 g/mol. The van der Waals surface area contributed by atoms with Gasteiger partial charge in [-0.05, 0) is 12.1 Å². The molecule has 0 saturated carbocycles. The van der Waals surface area contributed by atoms with E-state index in [1.807, 2.05) is 6.07 Å². The fourth-order valence-corrected chi connectivity index (χ4v) is 8.34. The molecule has 10 atom stereocenters. The van der Waals surface area contributed by atoms with Gasteiger partial charge in [-0.3, -0.25) is 27.5 Å². The Balaban J connectivity index is 1.17. The van der Waals surface area contributed by atoms with Crippen LogP contribution >= 0.6 is 38.1 Å². The second-order valence-electron chi connectivity index (χ2n) is 9.98. The Morgan fingerprint density at radius 1 is 0.860 bits per heavy atom. The number of hydrogen-bond donors (Lipinski definition) is 5. The average Bonchev–Trinajstić information content (AvgIpc) is 3.72. The lowest BCUT2D eigenvalue weighted by atomic mass is 10.1. The maximum Gasteiger partial charge on any atom is 0.386 e. The number of hydrogen-bond acceptors (Lipinski definition) is 14. The van der Waals surface area contributed by atoms with Crippen molar-refractivity contribution in [3.8, 4) is 0 Å². The van der Waals surface area contributed by atoms with Gasteiger partial charge < -0.3 is 29.2 Å². The minimum atomic E-state index is -4.25. The third-order valence-corrected chi connectivity index (χ3v) is 10.6. The quantitative estimate of drug-likeness (QED) is 0.151. The molecule has 3 aromatic heterocycles. The number of ether oxygens (including phenoxy) is 2. The van der Waals surface area contributed by atoms with E-state index in [2.05, 4.69) is 44.4 Å². The summed E-state index contributed by atoms with van der Waals surface area (Å²) in [5, 5.41) is 22.4. The molecule has 0 spiro atoms. The summed E-state index contributed by atoms with van der Waals surface area (Å²) < 4.78 is 63.9. The van der Waals surface area contributed by atoms with Crippen molar-refractivity contribution >= 4 is 60.3 Å². The van der Waals surface area contributed by atoms with Crippen molar-refractivity contribution in [1.29, 1.82) is 0 Å². The van der Waals surface area contributed by atoms with Crippen LogP contribution in [-0.2, 0) is 36.7 Å². The van der Waals surface area contributed by atoms with Crippen LogP contribution in [-0.4, -0.2) is 89.1 Å². The standard InChI is InChI=1S/C22H24N6O11P2S2/c29-15-17-12(36-21(15)27-8-25-10-3-1-2-4-11(10)27)5-34-41(33,43)39-18-13(6-35-40(32,42)38-17)37-22(16(18)30)28-9-26-14-19(28)23-7-24-20(14)31/h1-4,7-9,12-13,15-18,21-22,29-30H,5-6H2,(H,32,42)(H,33,43)(H,23,24,31). The van der Waals surface area contributed by atoms with Crippen molar-refractivity contribution in [2.45, 2.75) is 49.1 Å². The smallest absolute Gasteiger partial charge is 0.386 e. The number of para-hydroxylation sites is 2. The number of imidazole rings is 2. The number of fused-ring (bicyclic) bond motifs is 4. The van der Waals surface area contributed by atoms with E-state index < -0.39 is 81.4 Å². The first-order chi connectivity index (χ1) is 20.5. The zero-order valence-corrected chi connectivity index (χ0v) is 25.2. The molecule has 7 rings (SSSR count). The molecule has 0 bridgehead atoms. The summed E-state index contributed by atoms with van der Waals surface area (Å²) in [6.45, 7) is -9.50. The maximum absolute atomic E-state index is 13.4. The van der Waals surface area contributed by atoms with E-state index in [1.54, 1.807) is 22.8 Å². The number of aromatic amines is 1. The molecule has 3 aliphatic rings. The fourth-order valence-electron chi connectivity index (χ4n) is 5.36. The highest BCUT2D eigenvalue weighted by Gasteiger charge is 2.53. The Bertz CT molecular complexity index is 1840. The molecule has 3 aliphatic heterocycles. The van der Waals surface area contributed by atoms with E-state index in [9.17, 15) is 24.1 Å². The molecule has 1 aromatic carbocycles. The van der Waals surface area contributed by atoms with Gasteiger partial charge in [-0.1, -0.05) is 36.6 Å². The highest BCUT2D eigenvalue weighted by molar-refractivity contribution is 8.44. The van der Waals surface area contributed by atoms with E-state index in [1.165, 1.54) is 17.2 Å². The lowest BCUT2D eigenvalue weighted by molar-refractivity contribution is -0.0560. The number of nitrogens with one attached hydrogen (secondary N) is 1. The molecule has 21 heteroatoms. The molecule has 3 fully saturated rings. The van der Waals surface area contributed by atoms with Crippen molar-refractivity contribution in [1.82, 2.24) is 29.1 Å². The van der Waals surface area contributed by atoms with Crippen LogP contribution in [0.5, 0.6) is 0 Å². The molecule has 0 amide bonds. The minimum absolute atomic E-state index is 0.00934. The molecule has 10 unspecified atom stereocenters. The SMILES string of the molecule is O=c1[nH]cnc2c1ncn2C1OC2COP(=O)(S)OC3C(COP(=O)(S)OC2C1O)OC(n1cnc2ccccc21)C3O. The van der Waals surface area contributed by atoms with Crippen molar-refractivity contribution in [2.24, 2.45) is 0 Å². The van der Waals surface area contributed by atoms with Crippen molar-refractivity contribution in [2.75, 3.05) is 13.2 Å². The van der Waals surface area contributed by atoms with E-state index in [4.69, 9.17) is 27.6 Å². The van der Waals surface area contributed by atoms with Gasteiger partial charge in [-0.25, -0.2) is 24.1 Å². The van der Waals surface area contributed by atoms with Crippen LogP contribution in [0.1, 0.15) is 12.5 Å². The second kappa shape index (κ2) is 11.0. The number of rotatable bonds is 2. The number of aliphatic hydroxyl groups excluding tert-OH is 2. The molecular formula is C22H24N6O11P2S2. The Hall–Kier alpha value is -2.12. The van der Waals surface area contributed by atoms with Gasteiger partial charge in [-0.15, -0.1) is 0 Å². The first kappa shape index (κ1) is 29.6. The molecule has 4 aromatic rings. The van der Waals surface area contributed by atoms with E-state index >= 15 is 0 Å². The fraction of sp³-hybridized carbons (Fsp3) is 0.455. The molecule has 17 nitrogen and oxygen atoms in total. The van der Waals surface area contributed by atoms with Crippen LogP contribution in [0.4, 0.5) is 0 Å². The van der Waals surface area contributed by atoms with Gasteiger partial charge in [0.15, 0.2) is 23.6 Å². The highest BCUT2D eigenvalue weighted by Crippen LogP contribution is 2.60. The number of H-pyrrole nitrogens is 1. The van der Waals surface area contributed by atoms with Gasteiger partial charge in [0.05, 0.1) is 43.2 Å². The van der Waals surface area contributed by atoms with Crippen LogP contribution in [0.15, 0.2) is 48.0 Å². The summed E-state index contributed by atoms with van der Waals surface area (Å²) >= 11 is 8.16. The Labute approximate surface area is 251 Å². The first-order valence-corrected chi connectivity index (χ1v) is 18.2. The van der Waals surface area contributed by atoms with Gasteiger partial charge in [0, 0.05) is 0 Å². The van der Waals surface area contributed by atoms with Gasteiger partial charge in [0.2, 0.25) is 0 Å². The molecule has 3 N–H and O–H groups in total. The Kier molecular flexibility index (Phi) is 7.60. The molecule has 6 heterocycles. The predicted octanol–water partition coefficient (Wildman–Crippen LogP) is 1.58. The molecule has 230 valence electrons. The lowest BCUT2D eigenvalue weighted by Crippen LogP contribution is -2.38. The zero-order valence-electron chi connectivity index (χ0n) is 21.7. The molecular weight excluding hydrogens is 650 g/mol. The zero-order chi connectivity index (χ0) is 30.1. The van der Waals surface area contributed by atoms with Crippen molar-refractivity contribution < 1.29 is 46.9 Å². The van der Waals surface area contributed by atoms with Crippen LogP contribution < -0.4 is 5.56 Å². The van der Waals surface area contributed by atoms with E-state index in [0.29, 0.717) is 11.0 Å². The van der Waals surface area contributed by atoms with Crippen LogP contribution in [0.2, 0.25) is 0 Å². The van der Waals surface area contributed by atoms with Crippen LogP contribution in [0, 0.1) is 0 Å².